The molecule has 1 unspecified atom stereocenters. The van der Waals surface area contributed by atoms with Crippen LogP contribution >= 0.6 is 0 Å². The number of hydrogen-bond acceptors (Lipinski definition) is 3. The first-order chi connectivity index (χ1) is 7.72. The Labute approximate surface area is 96.6 Å². The molecule has 0 bridgehead atoms. The summed E-state index contributed by atoms with van der Waals surface area (Å²) in [7, 11) is 0. The maximum absolute atomic E-state index is 9.32. The number of morpholine rings is 1. The van der Waals surface area contributed by atoms with Gasteiger partial charge in [-0.05, 0) is 37.1 Å². The van der Waals surface area contributed by atoms with Crippen LogP contribution in [0.25, 0.3) is 0 Å². The standard InChI is InChI=1S/C13H19NO2/c1-10-3-4-12(7-11(10)2)14-5-6-16-9-13(14)8-15/h3-4,7,13,15H,5-6,8-9H2,1-2H3. The monoisotopic (exact) mass is 221 g/mol. The third-order valence-electron chi connectivity index (χ3n) is 3.26. The summed E-state index contributed by atoms with van der Waals surface area (Å²) in [6, 6.07) is 6.53. The molecule has 1 aromatic rings. The predicted octanol–water partition coefficient (Wildman–Crippen LogP) is 1.50. The fourth-order valence-electron chi connectivity index (χ4n) is 2.05. The van der Waals surface area contributed by atoms with E-state index in [1.165, 1.54) is 16.8 Å². The summed E-state index contributed by atoms with van der Waals surface area (Å²) in [4.78, 5) is 2.23. The summed E-state index contributed by atoms with van der Waals surface area (Å²) in [5.74, 6) is 0. The van der Waals surface area contributed by atoms with Crippen LogP contribution in [0.2, 0.25) is 0 Å². The minimum Gasteiger partial charge on any atom is -0.394 e. The van der Waals surface area contributed by atoms with Crippen molar-refractivity contribution in [3.05, 3.63) is 29.3 Å². The van der Waals surface area contributed by atoms with Crippen LogP contribution < -0.4 is 4.90 Å². The summed E-state index contributed by atoms with van der Waals surface area (Å²) >= 11 is 0. The van der Waals surface area contributed by atoms with E-state index in [4.69, 9.17) is 4.74 Å². The molecule has 3 heteroatoms. The maximum Gasteiger partial charge on any atom is 0.0755 e. The second-order valence-corrected chi connectivity index (χ2v) is 4.37. The third-order valence-corrected chi connectivity index (χ3v) is 3.26. The fourth-order valence-corrected chi connectivity index (χ4v) is 2.05. The average molecular weight is 221 g/mol. The number of aliphatic hydroxyl groups is 1. The smallest absolute Gasteiger partial charge is 0.0755 e. The average Bonchev–Trinajstić information content (AvgIpc) is 2.32. The highest BCUT2D eigenvalue weighted by Crippen LogP contribution is 2.22. The van der Waals surface area contributed by atoms with Crippen LogP contribution in [0.4, 0.5) is 5.69 Å². The molecule has 0 aromatic heterocycles. The molecule has 0 saturated carbocycles. The molecule has 3 nitrogen and oxygen atoms in total. The quantitative estimate of drug-likeness (QED) is 0.821. The van der Waals surface area contributed by atoms with Crippen molar-refractivity contribution in [1.82, 2.24) is 0 Å². The Kier molecular flexibility index (Phi) is 3.46. The Morgan fingerprint density at radius 1 is 1.38 bits per heavy atom. The summed E-state index contributed by atoms with van der Waals surface area (Å²) in [6.45, 7) is 6.59. The Bertz CT molecular complexity index is 365. The van der Waals surface area contributed by atoms with E-state index in [1.54, 1.807) is 0 Å². The van der Waals surface area contributed by atoms with E-state index < -0.39 is 0 Å². The predicted molar refractivity (Wildman–Crippen MR) is 65.0 cm³/mol. The molecule has 1 atom stereocenters. The number of aryl methyl sites for hydroxylation is 2. The van der Waals surface area contributed by atoms with Gasteiger partial charge in [0.1, 0.15) is 0 Å². The van der Waals surface area contributed by atoms with Crippen molar-refractivity contribution in [3.63, 3.8) is 0 Å². The summed E-state index contributed by atoms with van der Waals surface area (Å²) in [5.41, 5.74) is 3.78. The van der Waals surface area contributed by atoms with Crippen molar-refractivity contribution in [2.75, 3.05) is 31.3 Å². The zero-order valence-corrected chi connectivity index (χ0v) is 9.94. The molecule has 0 amide bonds. The van der Waals surface area contributed by atoms with Gasteiger partial charge in [0.2, 0.25) is 0 Å². The van der Waals surface area contributed by atoms with Crippen molar-refractivity contribution in [2.24, 2.45) is 0 Å². The van der Waals surface area contributed by atoms with Crippen molar-refractivity contribution in [1.29, 1.82) is 0 Å². The van der Waals surface area contributed by atoms with Crippen molar-refractivity contribution in [2.45, 2.75) is 19.9 Å². The summed E-state index contributed by atoms with van der Waals surface area (Å²) in [5, 5.41) is 9.32. The normalized spacial score (nSPS) is 21.2. The van der Waals surface area contributed by atoms with E-state index in [2.05, 4.69) is 36.9 Å². The van der Waals surface area contributed by atoms with E-state index in [9.17, 15) is 5.11 Å². The zero-order chi connectivity index (χ0) is 11.5. The van der Waals surface area contributed by atoms with E-state index in [0.29, 0.717) is 6.61 Å². The van der Waals surface area contributed by atoms with E-state index >= 15 is 0 Å². The first-order valence-electron chi connectivity index (χ1n) is 5.75. The van der Waals surface area contributed by atoms with Crippen molar-refractivity contribution in [3.8, 4) is 0 Å². The second kappa shape index (κ2) is 4.85. The molecule has 88 valence electrons. The van der Waals surface area contributed by atoms with Gasteiger partial charge < -0.3 is 14.7 Å². The largest absolute Gasteiger partial charge is 0.394 e. The SMILES string of the molecule is Cc1ccc(N2CCOCC2CO)cc1C. The van der Waals surface area contributed by atoms with Crippen LogP contribution in [0, 0.1) is 13.8 Å². The van der Waals surface area contributed by atoms with Gasteiger partial charge in [0, 0.05) is 12.2 Å². The highest BCUT2D eigenvalue weighted by atomic mass is 16.5. The first kappa shape index (κ1) is 11.4. The van der Waals surface area contributed by atoms with Crippen LogP contribution in [0.1, 0.15) is 11.1 Å². The van der Waals surface area contributed by atoms with Gasteiger partial charge in [0.25, 0.3) is 0 Å². The molecule has 2 rings (SSSR count). The van der Waals surface area contributed by atoms with Gasteiger partial charge in [0.15, 0.2) is 0 Å². The molecule has 1 aliphatic heterocycles. The van der Waals surface area contributed by atoms with Gasteiger partial charge in [-0.2, -0.15) is 0 Å². The van der Waals surface area contributed by atoms with Gasteiger partial charge >= 0.3 is 0 Å². The second-order valence-electron chi connectivity index (χ2n) is 4.37. The van der Waals surface area contributed by atoms with Crippen LogP contribution in [0.5, 0.6) is 0 Å². The van der Waals surface area contributed by atoms with Crippen LogP contribution in [-0.2, 0) is 4.74 Å². The molecular weight excluding hydrogens is 202 g/mol. The number of hydrogen-bond donors (Lipinski definition) is 1. The van der Waals surface area contributed by atoms with Crippen LogP contribution in [-0.4, -0.2) is 37.5 Å². The molecular formula is C13H19NO2. The Hall–Kier alpha value is -1.06. The van der Waals surface area contributed by atoms with E-state index in [1.807, 2.05) is 0 Å². The first-order valence-corrected chi connectivity index (χ1v) is 5.75. The lowest BCUT2D eigenvalue weighted by Gasteiger charge is -2.36. The molecule has 16 heavy (non-hydrogen) atoms. The van der Waals surface area contributed by atoms with Crippen LogP contribution in [0.15, 0.2) is 18.2 Å². The molecule has 0 spiro atoms. The highest BCUT2D eigenvalue weighted by molar-refractivity contribution is 5.51. The number of aliphatic hydroxyl groups excluding tert-OH is 1. The Morgan fingerprint density at radius 2 is 2.19 bits per heavy atom. The third kappa shape index (κ3) is 2.20. The van der Waals surface area contributed by atoms with E-state index in [0.717, 1.165) is 13.2 Å². The minimum absolute atomic E-state index is 0.0934. The van der Waals surface area contributed by atoms with Gasteiger partial charge in [-0.3, -0.25) is 0 Å². The lowest BCUT2D eigenvalue weighted by molar-refractivity contribution is 0.0727. The molecule has 1 aromatic carbocycles. The molecule has 1 aliphatic rings. The lowest BCUT2D eigenvalue weighted by Crippen LogP contribution is -2.47. The van der Waals surface area contributed by atoms with Gasteiger partial charge in [-0.1, -0.05) is 6.07 Å². The Balaban J connectivity index is 2.23. The number of rotatable bonds is 2. The van der Waals surface area contributed by atoms with Crippen LogP contribution in [0.3, 0.4) is 0 Å². The van der Waals surface area contributed by atoms with Gasteiger partial charge in [0.05, 0.1) is 25.9 Å². The molecule has 1 N–H and O–H groups in total. The lowest BCUT2D eigenvalue weighted by atomic mass is 10.1. The molecule has 0 aliphatic carbocycles. The molecule has 1 fully saturated rings. The van der Waals surface area contributed by atoms with Crippen molar-refractivity contribution >= 4 is 5.69 Å². The fraction of sp³-hybridized carbons (Fsp3) is 0.538. The van der Waals surface area contributed by atoms with E-state index in [-0.39, 0.29) is 12.6 Å². The number of anilines is 1. The maximum atomic E-state index is 9.32. The number of ether oxygens (including phenoxy) is 1. The number of nitrogens with zero attached hydrogens (tertiary/aromatic N) is 1. The molecule has 1 saturated heterocycles. The highest BCUT2D eigenvalue weighted by Gasteiger charge is 2.22. The topological polar surface area (TPSA) is 32.7 Å². The van der Waals surface area contributed by atoms with Gasteiger partial charge in [-0.15, -0.1) is 0 Å². The number of benzene rings is 1. The minimum atomic E-state index is 0.0934. The Morgan fingerprint density at radius 3 is 2.88 bits per heavy atom. The van der Waals surface area contributed by atoms with Gasteiger partial charge in [-0.25, -0.2) is 0 Å². The zero-order valence-electron chi connectivity index (χ0n) is 9.94. The summed E-state index contributed by atoms with van der Waals surface area (Å²) < 4.78 is 5.38. The molecule has 0 radical (unpaired) electrons. The summed E-state index contributed by atoms with van der Waals surface area (Å²) in [6.07, 6.45) is 0. The molecule has 1 heterocycles. The van der Waals surface area contributed by atoms with Crippen molar-refractivity contribution < 1.29 is 9.84 Å².